The number of fused-ring (bicyclic) bond motifs is 4. The second kappa shape index (κ2) is 11.6. The molecular formula is C27H34N6O5. The minimum absolute atomic E-state index is 0.0235. The fourth-order valence-electron chi connectivity index (χ4n) is 4.41. The highest BCUT2D eigenvalue weighted by Gasteiger charge is 2.33. The van der Waals surface area contributed by atoms with Gasteiger partial charge < -0.3 is 10.1 Å². The van der Waals surface area contributed by atoms with Crippen molar-refractivity contribution < 1.29 is 23.9 Å². The van der Waals surface area contributed by atoms with Crippen molar-refractivity contribution in [2.75, 3.05) is 18.6 Å². The number of rotatable bonds is 1. The van der Waals surface area contributed by atoms with E-state index in [4.69, 9.17) is 4.74 Å². The molecule has 0 radical (unpaired) electrons. The van der Waals surface area contributed by atoms with Gasteiger partial charge in [0.2, 0.25) is 0 Å². The molecule has 5 bridgehead atoms. The lowest BCUT2D eigenvalue weighted by atomic mass is 10.1. The summed E-state index contributed by atoms with van der Waals surface area (Å²) in [6.07, 6.45) is 3.53. The number of anilines is 1. The number of hydrogen-bond acceptors (Lipinski definition) is 8. The van der Waals surface area contributed by atoms with Gasteiger partial charge in [-0.2, -0.15) is 0 Å². The van der Waals surface area contributed by atoms with Crippen LogP contribution in [-0.2, 0) is 23.9 Å². The SMILES string of the molecule is CC(C)[C@@H]1OC(=O)C/C=C/c2ccc3ccc(nc3c2)N(C)NC(=O)[C@@H]2CCCN(N2)C(=O)[C@H](C)NC1=O. The Bertz CT molecular complexity index is 1260. The first-order chi connectivity index (χ1) is 18.1. The average molecular weight is 523 g/mol. The van der Waals surface area contributed by atoms with Crippen molar-refractivity contribution in [1.82, 2.24) is 26.2 Å². The lowest BCUT2D eigenvalue weighted by Crippen LogP contribution is -2.62. The Hall–Kier alpha value is -3.99. The van der Waals surface area contributed by atoms with Crippen LogP contribution in [0.1, 0.15) is 45.6 Å². The van der Waals surface area contributed by atoms with Crippen molar-refractivity contribution in [2.45, 2.75) is 58.2 Å². The maximum Gasteiger partial charge on any atom is 0.310 e. The Labute approximate surface area is 221 Å². The Kier molecular flexibility index (Phi) is 8.26. The maximum absolute atomic E-state index is 13.1. The first-order valence-corrected chi connectivity index (χ1v) is 12.8. The van der Waals surface area contributed by atoms with Crippen molar-refractivity contribution in [1.29, 1.82) is 0 Å². The fraction of sp³-hybridized carbons (Fsp3) is 0.444. The van der Waals surface area contributed by atoms with E-state index < -0.39 is 36.0 Å². The molecule has 1 fully saturated rings. The molecule has 3 amide bonds. The number of amides is 3. The van der Waals surface area contributed by atoms with Crippen LogP contribution >= 0.6 is 0 Å². The monoisotopic (exact) mass is 522 g/mol. The molecule has 2 aliphatic heterocycles. The number of nitrogens with zero attached hydrogens (tertiary/aromatic N) is 3. The van der Waals surface area contributed by atoms with E-state index in [1.54, 1.807) is 45.0 Å². The summed E-state index contributed by atoms with van der Waals surface area (Å²) in [7, 11) is 1.70. The minimum Gasteiger partial charge on any atom is -0.452 e. The number of ether oxygens (including phenoxy) is 1. The largest absolute Gasteiger partial charge is 0.452 e. The summed E-state index contributed by atoms with van der Waals surface area (Å²) in [5, 5.41) is 6.48. The number of nitrogens with one attached hydrogen (secondary N) is 3. The number of hydrazine groups is 2. The van der Waals surface area contributed by atoms with Crippen LogP contribution in [0.3, 0.4) is 0 Å². The van der Waals surface area contributed by atoms with Crippen molar-refractivity contribution >= 4 is 46.5 Å². The van der Waals surface area contributed by atoms with Crippen molar-refractivity contribution in [3.05, 3.63) is 42.0 Å². The molecule has 3 atom stereocenters. The van der Waals surface area contributed by atoms with Gasteiger partial charge in [-0.15, -0.1) is 0 Å². The molecule has 3 N–H and O–H groups in total. The summed E-state index contributed by atoms with van der Waals surface area (Å²) in [6.45, 7) is 5.49. The zero-order chi connectivity index (χ0) is 27.4. The van der Waals surface area contributed by atoms with Crippen LogP contribution in [0.4, 0.5) is 5.82 Å². The summed E-state index contributed by atoms with van der Waals surface area (Å²) in [4.78, 5) is 56.3. The van der Waals surface area contributed by atoms with E-state index in [-0.39, 0.29) is 18.2 Å². The molecule has 3 heterocycles. The molecule has 1 aromatic heterocycles. The second-order valence-corrected chi connectivity index (χ2v) is 9.96. The number of carbonyl (C=O) groups excluding carboxylic acids is 4. The summed E-state index contributed by atoms with van der Waals surface area (Å²) in [6, 6.07) is 7.91. The maximum atomic E-state index is 13.1. The summed E-state index contributed by atoms with van der Waals surface area (Å²) in [5.41, 5.74) is 7.37. The zero-order valence-electron chi connectivity index (χ0n) is 22.1. The first kappa shape index (κ1) is 27.1. The molecule has 0 unspecified atom stereocenters. The molecule has 2 aliphatic rings. The molecule has 202 valence electrons. The van der Waals surface area contributed by atoms with Crippen LogP contribution in [0.2, 0.25) is 0 Å². The van der Waals surface area contributed by atoms with Gasteiger partial charge in [-0.25, -0.2) is 10.4 Å². The highest BCUT2D eigenvalue weighted by molar-refractivity contribution is 5.91. The van der Waals surface area contributed by atoms with Gasteiger partial charge >= 0.3 is 5.97 Å². The van der Waals surface area contributed by atoms with Crippen LogP contribution < -0.4 is 21.2 Å². The van der Waals surface area contributed by atoms with Crippen LogP contribution in [0.25, 0.3) is 17.0 Å². The number of carbonyl (C=O) groups is 4. The third kappa shape index (κ3) is 6.28. The van der Waals surface area contributed by atoms with Crippen LogP contribution in [0.5, 0.6) is 0 Å². The Morgan fingerprint density at radius 1 is 1.08 bits per heavy atom. The fourth-order valence-corrected chi connectivity index (χ4v) is 4.41. The van der Waals surface area contributed by atoms with E-state index in [2.05, 4.69) is 21.2 Å². The summed E-state index contributed by atoms with van der Waals surface area (Å²) < 4.78 is 5.48. The molecule has 0 aliphatic carbocycles. The summed E-state index contributed by atoms with van der Waals surface area (Å²) in [5.74, 6) is -1.55. The van der Waals surface area contributed by atoms with Crippen molar-refractivity contribution in [3.8, 4) is 0 Å². The molecule has 1 saturated heterocycles. The van der Waals surface area contributed by atoms with Crippen LogP contribution in [-0.4, -0.2) is 65.5 Å². The number of aromatic nitrogens is 1. The van der Waals surface area contributed by atoms with E-state index >= 15 is 0 Å². The van der Waals surface area contributed by atoms with Crippen molar-refractivity contribution in [3.63, 3.8) is 0 Å². The topological polar surface area (TPSA) is 133 Å². The third-order valence-electron chi connectivity index (χ3n) is 6.54. The number of benzene rings is 1. The molecule has 11 heteroatoms. The molecule has 0 spiro atoms. The second-order valence-electron chi connectivity index (χ2n) is 9.96. The van der Waals surface area contributed by atoms with E-state index in [0.29, 0.717) is 25.2 Å². The normalized spacial score (nSPS) is 24.7. The van der Waals surface area contributed by atoms with Gasteiger partial charge in [-0.3, -0.25) is 34.6 Å². The van der Waals surface area contributed by atoms with Gasteiger partial charge in [0.15, 0.2) is 6.10 Å². The lowest BCUT2D eigenvalue weighted by molar-refractivity contribution is -0.158. The molecular weight excluding hydrogens is 488 g/mol. The number of cyclic esters (lactones) is 1. The highest BCUT2D eigenvalue weighted by Crippen LogP contribution is 2.20. The van der Waals surface area contributed by atoms with E-state index in [1.165, 1.54) is 5.01 Å². The lowest BCUT2D eigenvalue weighted by Gasteiger charge is -2.35. The number of pyridine rings is 1. The predicted molar refractivity (Wildman–Crippen MR) is 142 cm³/mol. The Morgan fingerprint density at radius 3 is 2.61 bits per heavy atom. The number of esters is 1. The van der Waals surface area contributed by atoms with E-state index in [9.17, 15) is 19.2 Å². The van der Waals surface area contributed by atoms with Crippen LogP contribution in [0.15, 0.2) is 36.4 Å². The predicted octanol–water partition coefficient (Wildman–Crippen LogP) is 1.69. The molecule has 4 rings (SSSR count). The molecule has 1 aromatic carbocycles. The third-order valence-corrected chi connectivity index (χ3v) is 6.54. The standard InChI is InChI=1S/C27H34N6O5/c1-16(2)24-26(36)28-17(3)27(37)33-14-6-8-20(30-33)25(35)31-32(4)22-13-12-19-11-10-18(15-21(19)29-22)7-5-9-23(34)38-24/h5,7,10-13,15-17,20,24,30H,6,8-9,14H2,1-4H3,(H,28,36)(H,31,35)/b7-5+/t17-,20-,24-/m0/s1. The first-order valence-electron chi connectivity index (χ1n) is 12.8. The smallest absolute Gasteiger partial charge is 0.310 e. The number of hydrogen-bond donors (Lipinski definition) is 3. The van der Waals surface area contributed by atoms with Gasteiger partial charge in [-0.05, 0) is 49.4 Å². The van der Waals surface area contributed by atoms with Gasteiger partial charge in [0.25, 0.3) is 17.7 Å². The zero-order valence-corrected chi connectivity index (χ0v) is 22.1. The van der Waals surface area contributed by atoms with Gasteiger partial charge in [-0.1, -0.05) is 38.1 Å². The molecule has 0 saturated carbocycles. The van der Waals surface area contributed by atoms with Gasteiger partial charge in [0.05, 0.1) is 11.9 Å². The highest BCUT2D eigenvalue weighted by atomic mass is 16.5. The quantitative estimate of drug-likeness (QED) is 0.482. The van der Waals surface area contributed by atoms with E-state index in [1.807, 2.05) is 30.3 Å². The van der Waals surface area contributed by atoms with Crippen molar-refractivity contribution in [2.24, 2.45) is 5.92 Å². The van der Waals surface area contributed by atoms with E-state index in [0.717, 1.165) is 16.5 Å². The van der Waals surface area contributed by atoms with Crippen LogP contribution in [0, 0.1) is 5.92 Å². The molecule has 38 heavy (non-hydrogen) atoms. The Balaban J connectivity index is 1.64. The van der Waals surface area contributed by atoms with Gasteiger partial charge in [0, 0.05) is 19.0 Å². The minimum atomic E-state index is -1.05. The summed E-state index contributed by atoms with van der Waals surface area (Å²) >= 11 is 0. The molecule has 2 aromatic rings. The average Bonchev–Trinajstić information content (AvgIpc) is 2.90. The Morgan fingerprint density at radius 2 is 1.84 bits per heavy atom. The molecule has 11 nitrogen and oxygen atoms in total. The van der Waals surface area contributed by atoms with Gasteiger partial charge in [0.1, 0.15) is 17.9 Å².